The first-order valence-corrected chi connectivity index (χ1v) is 11.0. The minimum absolute atomic E-state index is 0.145. The zero-order valence-corrected chi connectivity index (χ0v) is 19.1. The Labute approximate surface area is 193 Å². The molecule has 1 unspecified atom stereocenters. The van der Waals surface area contributed by atoms with Crippen LogP contribution in [0.5, 0.6) is 5.75 Å². The van der Waals surface area contributed by atoms with E-state index in [1.807, 2.05) is 25.1 Å². The normalized spacial score (nSPS) is 15.7. The molecule has 3 rings (SSSR count). The second-order valence-electron chi connectivity index (χ2n) is 7.53. The number of hydrogen-bond donors (Lipinski definition) is 2. The lowest BCUT2D eigenvalue weighted by Crippen LogP contribution is -2.48. The number of carbonyl (C=O) groups excluding carboxylic acids is 3. The number of anilines is 1. The minimum Gasteiger partial charge on any atom is -0.484 e. The summed E-state index contributed by atoms with van der Waals surface area (Å²) in [5.41, 5.74) is 2.12. The molecule has 3 amide bonds. The Hall–Kier alpha value is -3.81. The van der Waals surface area contributed by atoms with Crippen molar-refractivity contribution in [1.29, 1.82) is 0 Å². The number of nitrogens with zero attached hydrogens (tertiary/aromatic N) is 1. The van der Waals surface area contributed by atoms with Crippen LogP contribution < -0.4 is 15.4 Å². The fourth-order valence-electron chi connectivity index (χ4n) is 3.66. The van der Waals surface area contributed by atoms with Crippen molar-refractivity contribution >= 4 is 23.6 Å². The van der Waals surface area contributed by atoms with E-state index in [1.165, 1.54) is 0 Å². The number of nitrogens with one attached hydrogen (secondary N) is 2. The van der Waals surface area contributed by atoms with Gasteiger partial charge in [-0.2, -0.15) is 0 Å². The van der Waals surface area contributed by atoms with Gasteiger partial charge >= 0.3 is 12.0 Å². The van der Waals surface area contributed by atoms with Crippen LogP contribution >= 0.6 is 0 Å². The minimum atomic E-state index is -0.693. The topological polar surface area (TPSA) is 97.0 Å². The fourth-order valence-corrected chi connectivity index (χ4v) is 3.66. The molecule has 1 aliphatic heterocycles. The summed E-state index contributed by atoms with van der Waals surface area (Å²) in [5, 5.41) is 5.70. The van der Waals surface area contributed by atoms with Crippen LogP contribution in [0.4, 0.5) is 10.5 Å². The number of benzene rings is 2. The largest absolute Gasteiger partial charge is 0.484 e. The molecule has 174 valence electrons. The van der Waals surface area contributed by atoms with Crippen LogP contribution in [0, 0.1) is 0 Å². The first-order chi connectivity index (χ1) is 15.9. The van der Waals surface area contributed by atoms with Crippen LogP contribution in [0.25, 0.3) is 0 Å². The number of urea groups is 1. The summed E-state index contributed by atoms with van der Waals surface area (Å²) in [4.78, 5) is 39.4. The molecule has 2 N–H and O–H groups in total. The number of hydrogen-bond acceptors (Lipinski definition) is 5. The van der Waals surface area contributed by atoms with E-state index in [2.05, 4.69) is 10.6 Å². The third-order valence-corrected chi connectivity index (χ3v) is 5.16. The van der Waals surface area contributed by atoms with Gasteiger partial charge < -0.3 is 20.1 Å². The van der Waals surface area contributed by atoms with Crippen molar-refractivity contribution in [2.24, 2.45) is 0 Å². The number of allylic oxidation sites excluding steroid dienone is 1. The van der Waals surface area contributed by atoms with Gasteiger partial charge in [-0.15, -0.1) is 0 Å². The van der Waals surface area contributed by atoms with E-state index in [-0.39, 0.29) is 25.2 Å². The molecule has 2 aromatic rings. The molecule has 0 fully saturated rings. The summed E-state index contributed by atoms with van der Waals surface area (Å²) in [6.45, 7) is 6.02. The maximum atomic E-state index is 12.8. The third-order valence-electron chi connectivity index (χ3n) is 5.16. The SMILES string of the molecule is CCCN1C(=O)NC(c2cccc(NC(=O)COc3ccccc3)c2)C(C(=O)OCC)=C1C. The van der Waals surface area contributed by atoms with Gasteiger partial charge in [-0.3, -0.25) is 9.69 Å². The van der Waals surface area contributed by atoms with E-state index >= 15 is 0 Å². The number of carbonyl (C=O) groups is 3. The molecule has 1 heterocycles. The zero-order chi connectivity index (χ0) is 23.8. The summed E-state index contributed by atoms with van der Waals surface area (Å²) in [6, 6.07) is 15.1. The number of amides is 3. The summed E-state index contributed by atoms with van der Waals surface area (Å²) in [7, 11) is 0. The van der Waals surface area contributed by atoms with Crippen molar-refractivity contribution in [3.63, 3.8) is 0 Å². The predicted molar refractivity (Wildman–Crippen MR) is 125 cm³/mol. The lowest BCUT2D eigenvalue weighted by Gasteiger charge is -2.35. The second kappa shape index (κ2) is 11.2. The second-order valence-corrected chi connectivity index (χ2v) is 7.53. The van der Waals surface area contributed by atoms with Gasteiger partial charge in [-0.1, -0.05) is 37.3 Å². The Kier molecular flexibility index (Phi) is 8.07. The van der Waals surface area contributed by atoms with E-state index < -0.39 is 12.0 Å². The van der Waals surface area contributed by atoms with Crippen LogP contribution in [0.2, 0.25) is 0 Å². The van der Waals surface area contributed by atoms with Gasteiger partial charge in [-0.05, 0) is 50.1 Å². The van der Waals surface area contributed by atoms with Crippen LogP contribution in [0.1, 0.15) is 38.8 Å². The first kappa shape index (κ1) is 23.8. The number of para-hydroxylation sites is 1. The molecule has 2 aromatic carbocycles. The molecule has 33 heavy (non-hydrogen) atoms. The van der Waals surface area contributed by atoms with E-state index in [9.17, 15) is 14.4 Å². The van der Waals surface area contributed by atoms with Gasteiger partial charge in [0.05, 0.1) is 18.2 Å². The number of rotatable bonds is 9. The summed E-state index contributed by atoms with van der Waals surface area (Å²) in [5.74, 6) is -0.204. The highest BCUT2D eigenvalue weighted by molar-refractivity contribution is 5.95. The van der Waals surface area contributed by atoms with E-state index in [4.69, 9.17) is 9.47 Å². The molecular formula is C25H29N3O5. The van der Waals surface area contributed by atoms with Crippen LogP contribution in [0.15, 0.2) is 65.9 Å². The van der Waals surface area contributed by atoms with Crippen LogP contribution in [-0.4, -0.2) is 42.6 Å². The highest BCUT2D eigenvalue weighted by Crippen LogP contribution is 2.32. The molecule has 0 spiro atoms. The van der Waals surface area contributed by atoms with Crippen molar-refractivity contribution in [2.45, 2.75) is 33.2 Å². The summed E-state index contributed by atoms with van der Waals surface area (Å²) < 4.78 is 10.8. The Morgan fingerprint density at radius 1 is 1.09 bits per heavy atom. The zero-order valence-electron chi connectivity index (χ0n) is 19.1. The Bertz CT molecular complexity index is 1040. The number of esters is 1. The van der Waals surface area contributed by atoms with E-state index in [0.29, 0.717) is 34.8 Å². The van der Waals surface area contributed by atoms with E-state index in [1.54, 1.807) is 55.1 Å². The standard InChI is InChI=1S/C25H29N3O5/c1-4-14-28-17(3)22(24(30)32-5-2)23(27-25(28)31)18-10-9-11-19(15-18)26-21(29)16-33-20-12-7-6-8-13-20/h6-13,15,23H,4-5,14,16H2,1-3H3,(H,26,29)(H,27,31). The van der Waals surface area contributed by atoms with Crippen molar-refractivity contribution in [3.8, 4) is 5.75 Å². The van der Waals surface area contributed by atoms with Crippen molar-refractivity contribution in [3.05, 3.63) is 71.4 Å². The van der Waals surface area contributed by atoms with Gasteiger partial charge in [0, 0.05) is 17.9 Å². The smallest absolute Gasteiger partial charge is 0.338 e. The number of ether oxygens (including phenoxy) is 2. The van der Waals surface area contributed by atoms with Gasteiger partial charge in [0.25, 0.3) is 5.91 Å². The molecule has 0 aliphatic carbocycles. The van der Waals surface area contributed by atoms with Crippen molar-refractivity contribution in [1.82, 2.24) is 10.2 Å². The average molecular weight is 452 g/mol. The summed E-state index contributed by atoms with van der Waals surface area (Å²) in [6.07, 6.45) is 0.748. The molecule has 8 nitrogen and oxygen atoms in total. The summed E-state index contributed by atoms with van der Waals surface area (Å²) >= 11 is 0. The molecule has 0 radical (unpaired) electrons. The quantitative estimate of drug-likeness (QED) is 0.562. The molecule has 0 bridgehead atoms. The Morgan fingerprint density at radius 3 is 2.55 bits per heavy atom. The monoisotopic (exact) mass is 451 g/mol. The predicted octanol–water partition coefficient (Wildman–Crippen LogP) is 4.02. The van der Waals surface area contributed by atoms with Gasteiger partial charge in [0.2, 0.25) is 0 Å². The highest BCUT2D eigenvalue weighted by atomic mass is 16.5. The van der Waals surface area contributed by atoms with Crippen LogP contribution in [-0.2, 0) is 14.3 Å². The van der Waals surface area contributed by atoms with Crippen molar-refractivity contribution < 1.29 is 23.9 Å². The van der Waals surface area contributed by atoms with E-state index in [0.717, 1.165) is 6.42 Å². The molecule has 8 heteroatoms. The average Bonchev–Trinajstić information content (AvgIpc) is 2.81. The van der Waals surface area contributed by atoms with Gasteiger partial charge in [0.15, 0.2) is 6.61 Å². The Balaban J connectivity index is 1.81. The molecule has 1 atom stereocenters. The molecule has 0 saturated heterocycles. The molecular weight excluding hydrogens is 422 g/mol. The lowest BCUT2D eigenvalue weighted by atomic mass is 9.94. The van der Waals surface area contributed by atoms with Gasteiger partial charge in [-0.25, -0.2) is 9.59 Å². The molecule has 1 aliphatic rings. The Morgan fingerprint density at radius 2 is 1.85 bits per heavy atom. The fraction of sp³-hybridized carbons (Fsp3) is 0.320. The lowest BCUT2D eigenvalue weighted by molar-refractivity contribution is -0.139. The van der Waals surface area contributed by atoms with Crippen LogP contribution in [0.3, 0.4) is 0 Å². The van der Waals surface area contributed by atoms with Gasteiger partial charge in [0.1, 0.15) is 5.75 Å². The molecule has 0 aromatic heterocycles. The third kappa shape index (κ3) is 5.91. The maximum absolute atomic E-state index is 12.8. The maximum Gasteiger partial charge on any atom is 0.338 e. The highest BCUT2D eigenvalue weighted by Gasteiger charge is 2.36. The molecule has 0 saturated carbocycles. The first-order valence-electron chi connectivity index (χ1n) is 11.0. The van der Waals surface area contributed by atoms with Crippen molar-refractivity contribution in [2.75, 3.05) is 25.1 Å².